The molecule has 1 amide bonds. The third-order valence-corrected chi connectivity index (χ3v) is 3.04. The van der Waals surface area contributed by atoms with Crippen LogP contribution in [0.2, 0.25) is 0 Å². The first-order valence-corrected chi connectivity index (χ1v) is 5.86. The maximum atomic E-state index is 13.4. The third kappa shape index (κ3) is 4.76. The van der Waals surface area contributed by atoms with Gasteiger partial charge in [0.05, 0.1) is 0 Å². The van der Waals surface area contributed by atoms with Crippen molar-refractivity contribution in [3.8, 4) is 0 Å². The fourth-order valence-corrected chi connectivity index (χ4v) is 1.56. The molecule has 0 spiro atoms. The second-order valence-electron chi connectivity index (χ2n) is 4.30. The largest absolute Gasteiger partial charge is 0.342 e. The molecule has 2 N–H and O–H groups in total. The van der Waals surface area contributed by atoms with Crippen LogP contribution in [0.25, 0.3) is 0 Å². The third-order valence-electron chi connectivity index (χ3n) is 3.04. The van der Waals surface area contributed by atoms with Crippen LogP contribution in [0.1, 0.15) is 18.9 Å². The quantitative estimate of drug-likeness (QED) is 0.904. The number of rotatable bonds is 5. The summed E-state index contributed by atoms with van der Waals surface area (Å²) < 4.78 is 26.3. The van der Waals surface area contributed by atoms with E-state index < -0.39 is 11.6 Å². The number of hydrogen-bond acceptors (Lipinski definition) is 2. The number of amides is 1. The number of hydrogen-bond donors (Lipinski definition) is 1. The highest BCUT2D eigenvalue weighted by Gasteiger charge is 2.15. The van der Waals surface area contributed by atoms with Crippen molar-refractivity contribution in [2.45, 2.75) is 25.8 Å². The first-order valence-electron chi connectivity index (χ1n) is 5.86. The van der Waals surface area contributed by atoms with Gasteiger partial charge in [0.1, 0.15) is 0 Å². The highest BCUT2D eigenvalue weighted by molar-refractivity contribution is 5.85. The molecule has 0 heterocycles. The molecular weight excluding hydrogens is 274 g/mol. The normalized spacial score (nSPS) is 11.6. The van der Waals surface area contributed by atoms with Crippen LogP contribution in [0.3, 0.4) is 0 Å². The molecule has 19 heavy (non-hydrogen) atoms. The summed E-state index contributed by atoms with van der Waals surface area (Å²) in [6, 6.07) is 3.92. The second kappa shape index (κ2) is 8.07. The van der Waals surface area contributed by atoms with Crippen molar-refractivity contribution >= 4 is 18.3 Å². The average molecular weight is 293 g/mol. The van der Waals surface area contributed by atoms with E-state index in [9.17, 15) is 13.6 Å². The van der Waals surface area contributed by atoms with E-state index in [0.29, 0.717) is 6.54 Å². The lowest BCUT2D eigenvalue weighted by molar-refractivity contribution is -0.131. The zero-order chi connectivity index (χ0) is 13.7. The summed E-state index contributed by atoms with van der Waals surface area (Å²) in [6.07, 6.45) is 0.325. The lowest BCUT2D eigenvalue weighted by atomic mass is 10.1. The molecule has 108 valence electrons. The molecule has 1 aromatic rings. The summed E-state index contributed by atoms with van der Waals surface area (Å²) in [7, 11) is 1.65. The van der Waals surface area contributed by atoms with Crippen molar-refractivity contribution < 1.29 is 13.6 Å². The van der Waals surface area contributed by atoms with Crippen molar-refractivity contribution in [2.75, 3.05) is 13.6 Å². The molecule has 1 unspecified atom stereocenters. The van der Waals surface area contributed by atoms with E-state index in [4.69, 9.17) is 5.73 Å². The van der Waals surface area contributed by atoms with E-state index >= 15 is 0 Å². The summed E-state index contributed by atoms with van der Waals surface area (Å²) in [4.78, 5) is 13.3. The van der Waals surface area contributed by atoms with E-state index in [1.165, 1.54) is 17.0 Å². The first-order chi connectivity index (χ1) is 8.47. The van der Waals surface area contributed by atoms with Gasteiger partial charge in [0.15, 0.2) is 11.6 Å². The van der Waals surface area contributed by atoms with Gasteiger partial charge in [-0.05, 0) is 25.0 Å². The van der Waals surface area contributed by atoms with E-state index in [1.54, 1.807) is 7.05 Å². The zero-order valence-electron chi connectivity index (χ0n) is 11.0. The Hall–Kier alpha value is -1.20. The maximum absolute atomic E-state index is 13.4. The van der Waals surface area contributed by atoms with Crippen LogP contribution in [-0.4, -0.2) is 30.4 Å². The lowest BCUT2D eigenvalue weighted by Gasteiger charge is -2.23. The van der Waals surface area contributed by atoms with Crippen molar-refractivity contribution in [3.63, 3.8) is 0 Å². The molecule has 1 aromatic carbocycles. The van der Waals surface area contributed by atoms with Crippen LogP contribution in [0, 0.1) is 11.6 Å². The molecule has 0 saturated carbocycles. The number of carbonyl (C=O) groups is 1. The number of nitrogens with zero attached hydrogens (tertiary/aromatic N) is 1. The molecule has 1 atom stereocenters. The summed E-state index contributed by atoms with van der Waals surface area (Å²) in [5.41, 5.74) is 5.68. The SMILES string of the molecule is CC(CN)N(C)C(=O)CCc1cccc(F)c1F.Cl. The van der Waals surface area contributed by atoms with Crippen LogP contribution in [0.4, 0.5) is 8.78 Å². The fourth-order valence-electron chi connectivity index (χ4n) is 1.56. The van der Waals surface area contributed by atoms with E-state index in [1.807, 2.05) is 6.92 Å². The Morgan fingerprint density at radius 1 is 1.42 bits per heavy atom. The molecule has 0 radical (unpaired) electrons. The zero-order valence-corrected chi connectivity index (χ0v) is 11.8. The minimum Gasteiger partial charge on any atom is -0.342 e. The smallest absolute Gasteiger partial charge is 0.222 e. The van der Waals surface area contributed by atoms with Gasteiger partial charge in [0.25, 0.3) is 0 Å². The summed E-state index contributed by atoms with van der Waals surface area (Å²) in [5.74, 6) is -1.89. The fraction of sp³-hybridized carbons (Fsp3) is 0.462. The first kappa shape index (κ1) is 17.8. The monoisotopic (exact) mass is 292 g/mol. The van der Waals surface area contributed by atoms with Gasteiger partial charge in [0.2, 0.25) is 5.91 Å². The van der Waals surface area contributed by atoms with E-state index in [0.717, 1.165) is 6.07 Å². The van der Waals surface area contributed by atoms with Crippen LogP contribution >= 0.6 is 12.4 Å². The van der Waals surface area contributed by atoms with Crippen LogP contribution in [0.15, 0.2) is 18.2 Å². The number of aryl methyl sites for hydroxylation is 1. The molecule has 6 heteroatoms. The van der Waals surface area contributed by atoms with Crippen LogP contribution in [-0.2, 0) is 11.2 Å². The van der Waals surface area contributed by atoms with Gasteiger partial charge < -0.3 is 10.6 Å². The Morgan fingerprint density at radius 3 is 2.63 bits per heavy atom. The minimum atomic E-state index is -0.886. The molecule has 3 nitrogen and oxygen atoms in total. The highest BCUT2D eigenvalue weighted by atomic mass is 35.5. The van der Waals surface area contributed by atoms with Crippen LogP contribution in [0.5, 0.6) is 0 Å². The van der Waals surface area contributed by atoms with Gasteiger partial charge in [-0.2, -0.15) is 0 Å². The van der Waals surface area contributed by atoms with E-state index in [2.05, 4.69) is 0 Å². The standard InChI is InChI=1S/C13H18F2N2O.ClH/c1-9(8-16)17(2)12(18)7-6-10-4-3-5-11(14)13(10)15;/h3-5,9H,6-8,16H2,1-2H3;1H. The summed E-state index contributed by atoms with van der Waals surface area (Å²) in [6.45, 7) is 2.21. The molecule has 0 bridgehead atoms. The van der Waals surface area contributed by atoms with Crippen molar-refractivity contribution in [1.82, 2.24) is 4.90 Å². The molecule has 0 aliphatic rings. The predicted molar refractivity (Wildman–Crippen MR) is 73.2 cm³/mol. The summed E-state index contributed by atoms with van der Waals surface area (Å²) in [5, 5.41) is 0. The molecule has 0 aromatic heterocycles. The van der Waals surface area contributed by atoms with Crippen LogP contribution < -0.4 is 5.73 Å². The van der Waals surface area contributed by atoms with Crippen molar-refractivity contribution in [3.05, 3.63) is 35.4 Å². The number of halogens is 3. The summed E-state index contributed by atoms with van der Waals surface area (Å²) >= 11 is 0. The number of benzene rings is 1. The number of likely N-dealkylation sites (N-methyl/N-ethyl adjacent to an activating group) is 1. The van der Waals surface area contributed by atoms with Crippen molar-refractivity contribution in [1.29, 1.82) is 0 Å². The molecule has 0 aliphatic carbocycles. The Labute approximate surface area is 118 Å². The van der Waals surface area contributed by atoms with Crippen molar-refractivity contribution in [2.24, 2.45) is 5.73 Å². The Balaban J connectivity index is 0.00000324. The lowest BCUT2D eigenvalue weighted by Crippen LogP contribution is -2.39. The average Bonchev–Trinajstić information content (AvgIpc) is 2.38. The van der Waals surface area contributed by atoms with Gasteiger partial charge in [-0.3, -0.25) is 4.79 Å². The molecule has 0 saturated heterocycles. The minimum absolute atomic E-state index is 0. The molecule has 1 rings (SSSR count). The Bertz CT molecular complexity index is 429. The molecular formula is C13H19ClF2N2O. The van der Waals surface area contributed by atoms with Gasteiger partial charge in [-0.15, -0.1) is 12.4 Å². The Morgan fingerprint density at radius 2 is 2.05 bits per heavy atom. The predicted octanol–water partition coefficient (Wildman–Crippen LogP) is 2.12. The second-order valence-corrected chi connectivity index (χ2v) is 4.30. The number of nitrogens with two attached hydrogens (primary N) is 1. The topological polar surface area (TPSA) is 46.3 Å². The van der Waals surface area contributed by atoms with Gasteiger partial charge in [0, 0.05) is 26.1 Å². The maximum Gasteiger partial charge on any atom is 0.222 e. The molecule has 0 aliphatic heterocycles. The van der Waals surface area contributed by atoms with Gasteiger partial charge in [-0.25, -0.2) is 8.78 Å². The van der Waals surface area contributed by atoms with E-state index in [-0.39, 0.29) is 42.8 Å². The van der Waals surface area contributed by atoms with Gasteiger partial charge in [-0.1, -0.05) is 12.1 Å². The van der Waals surface area contributed by atoms with Gasteiger partial charge >= 0.3 is 0 Å². The molecule has 0 fully saturated rings. The number of carbonyl (C=O) groups excluding carboxylic acids is 1. The highest BCUT2D eigenvalue weighted by Crippen LogP contribution is 2.13. The Kier molecular flexibility index (Phi) is 7.56.